The van der Waals surface area contributed by atoms with Crippen LogP contribution in [0.3, 0.4) is 0 Å². The number of carbonyl (C=O) groups is 1. The molecule has 0 spiro atoms. The van der Waals surface area contributed by atoms with Crippen molar-refractivity contribution in [3.63, 3.8) is 0 Å². The number of halogens is 4. The monoisotopic (exact) mass is 417 g/mol. The second-order valence-corrected chi connectivity index (χ2v) is 10.0. The summed E-state index contributed by atoms with van der Waals surface area (Å²) in [6.07, 6.45) is 0. The van der Waals surface area contributed by atoms with Crippen LogP contribution >= 0.6 is 59.4 Å². The molecule has 0 fully saturated rings. The van der Waals surface area contributed by atoms with Gasteiger partial charge in [-0.1, -0.05) is 17.7 Å². The molecule has 15 heavy (non-hydrogen) atoms. The zero-order valence-electron chi connectivity index (χ0n) is 7.65. The molecule has 0 aliphatic heterocycles. The van der Waals surface area contributed by atoms with Crippen LogP contribution in [-0.2, 0) is 4.79 Å². The van der Waals surface area contributed by atoms with Gasteiger partial charge in [0.05, 0.1) is 0 Å². The zero-order valence-corrected chi connectivity index (χ0v) is 13.2. The molecule has 0 radical (unpaired) electrons. The van der Waals surface area contributed by atoms with Gasteiger partial charge in [0.15, 0.2) is 0 Å². The number of anilines is 1. The van der Waals surface area contributed by atoms with Crippen LogP contribution < -0.4 is 5.32 Å². The maximum absolute atomic E-state index is 11.6. The smallest absolute Gasteiger partial charge is 0.263 e. The molecule has 0 bridgehead atoms. The maximum Gasteiger partial charge on any atom is 0.263 e. The first kappa shape index (κ1) is 13.5. The number of alkyl halides is 3. The molecule has 1 amide bonds. The van der Waals surface area contributed by atoms with Gasteiger partial charge in [0.2, 0.25) is 2.14 Å². The van der Waals surface area contributed by atoms with Crippen molar-refractivity contribution < 1.29 is 4.79 Å². The molecule has 1 aromatic rings. The van der Waals surface area contributed by atoms with Gasteiger partial charge in [0, 0.05) is 10.7 Å². The Morgan fingerprint density at radius 1 is 1.40 bits per heavy atom. The Hall–Kier alpha value is 0.420. The van der Waals surface area contributed by atoms with E-state index < -0.39 is 2.14 Å². The number of carbonyl (C=O) groups excluding carboxylic acids is 1. The maximum atomic E-state index is 11.6. The van der Waals surface area contributed by atoms with Crippen LogP contribution in [0.5, 0.6) is 0 Å². The largest absolute Gasteiger partial charge is 0.323 e. The van der Waals surface area contributed by atoms with E-state index in [0.717, 1.165) is 5.56 Å². The Morgan fingerprint density at radius 2 is 2.00 bits per heavy atom. The van der Waals surface area contributed by atoms with Gasteiger partial charge in [0.25, 0.3) is 5.91 Å². The minimum absolute atomic E-state index is 0.257. The molecule has 82 valence electrons. The van der Waals surface area contributed by atoms with E-state index in [2.05, 4.69) is 53.1 Å². The Labute approximate surface area is 118 Å². The van der Waals surface area contributed by atoms with Gasteiger partial charge in [-0.2, -0.15) is 0 Å². The van der Waals surface area contributed by atoms with Gasteiger partial charge >= 0.3 is 0 Å². The van der Waals surface area contributed by atoms with Gasteiger partial charge in [-0.05, 0) is 72.4 Å². The van der Waals surface area contributed by atoms with Crippen LogP contribution in [0, 0.1) is 6.92 Å². The van der Waals surface area contributed by atoms with Crippen molar-refractivity contribution in [1.29, 1.82) is 0 Å². The highest BCUT2D eigenvalue weighted by Gasteiger charge is 2.28. The molecule has 1 rings (SSSR count). The molecule has 0 saturated carbocycles. The molecule has 1 N–H and O–H groups in total. The average Bonchev–Trinajstić information content (AvgIpc) is 2.11. The highest BCUT2D eigenvalue weighted by molar-refractivity contribution is 9.40. The summed E-state index contributed by atoms with van der Waals surface area (Å²) >= 11 is 15.3. The van der Waals surface area contributed by atoms with E-state index in [-0.39, 0.29) is 5.91 Å². The standard InChI is InChI=1S/C9H7Br3ClNO/c1-5-6(13)3-2-4-7(5)14-8(15)9(10,11)12/h2-4H,1H3,(H,14,15). The van der Waals surface area contributed by atoms with E-state index in [0.29, 0.717) is 10.7 Å². The minimum Gasteiger partial charge on any atom is -0.323 e. The van der Waals surface area contributed by atoms with Crippen LogP contribution in [0.15, 0.2) is 18.2 Å². The van der Waals surface area contributed by atoms with Crippen LogP contribution in [-0.4, -0.2) is 8.05 Å². The number of benzene rings is 1. The number of hydrogen-bond donors (Lipinski definition) is 1. The molecule has 0 aromatic heterocycles. The van der Waals surface area contributed by atoms with Crippen molar-refractivity contribution in [2.24, 2.45) is 0 Å². The second-order valence-electron chi connectivity index (χ2n) is 2.86. The van der Waals surface area contributed by atoms with Gasteiger partial charge < -0.3 is 5.32 Å². The lowest BCUT2D eigenvalue weighted by Crippen LogP contribution is -2.25. The average molecular weight is 420 g/mol. The molecule has 0 aliphatic carbocycles. The summed E-state index contributed by atoms with van der Waals surface area (Å²) in [6.45, 7) is 1.84. The summed E-state index contributed by atoms with van der Waals surface area (Å²) in [5.74, 6) is -0.257. The van der Waals surface area contributed by atoms with E-state index in [1.165, 1.54) is 0 Å². The van der Waals surface area contributed by atoms with Gasteiger partial charge in [0.1, 0.15) is 0 Å². The van der Waals surface area contributed by atoms with Crippen LogP contribution in [0.2, 0.25) is 5.02 Å². The molecule has 2 nitrogen and oxygen atoms in total. The first-order valence-electron chi connectivity index (χ1n) is 3.95. The van der Waals surface area contributed by atoms with Gasteiger partial charge in [-0.25, -0.2) is 0 Å². The van der Waals surface area contributed by atoms with E-state index in [1.54, 1.807) is 18.2 Å². The minimum atomic E-state index is -0.957. The highest BCUT2D eigenvalue weighted by Crippen LogP contribution is 2.35. The second kappa shape index (κ2) is 5.17. The first-order chi connectivity index (χ1) is 6.82. The highest BCUT2D eigenvalue weighted by atomic mass is 80.0. The van der Waals surface area contributed by atoms with Crippen molar-refractivity contribution in [2.45, 2.75) is 9.07 Å². The number of nitrogens with one attached hydrogen (secondary N) is 1. The molecule has 0 unspecified atom stereocenters. The Morgan fingerprint density at radius 3 is 2.53 bits per heavy atom. The van der Waals surface area contributed by atoms with Crippen molar-refractivity contribution in [2.75, 3.05) is 5.32 Å². The fourth-order valence-electron chi connectivity index (χ4n) is 0.936. The molecule has 0 atom stereocenters. The summed E-state index contributed by atoms with van der Waals surface area (Å²) in [6, 6.07) is 5.34. The normalized spacial score (nSPS) is 11.3. The third-order valence-electron chi connectivity index (χ3n) is 1.77. The summed E-state index contributed by atoms with van der Waals surface area (Å²) < 4.78 is -0.957. The molecule has 0 saturated heterocycles. The van der Waals surface area contributed by atoms with E-state index in [1.807, 2.05) is 6.92 Å². The predicted octanol–water partition coefficient (Wildman–Crippen LogP) is 4.43. The summed E-state index contributed by atoms with van der Waals surface area (Å²) in [5, 5.41) is 3.35. The lowest BCUT2D eigenvalue weighted by atomic mass is 10.2. The van der Waals surface area contributed by atoms with E-state index >= 15 is 0 Å². The first-order valence-corrected chi connectivity index (χ1v) is 6.71. The zero-order chi connectivity index (χ0) is 11.6. The van der Waals surface area contributed by atoms with E-state index in [9.17, 15) is 4.79 Å². The summed E-state index contributed by atoms with van der Waals surface area (Å²) in [5.41, 5.74) is 1.53. The van der Waals surface area contributed by atoms with Crippen LogP contribution in [0.25, 0.3) is 0 Å². The Kier molecular flexibility index (Phi) is 4.64. The molecule has 0 heterocycles. The third-order valence-corrected chi connectivity index (χ3v) is 3.26. The SMILES string of the molecule is Cc1c(Cl)cccc1NC(=O)C(Br)(Br)Br. The van der Waals surface area contributed by atoms with Gasteiger partial charge in [-0.3, -0.25) is 4.79 Å². The van der Waals surface area contributed by atoms with Crippen molar-refractivity contribution in [1.82, 2.24) is 0 Å². The van der Waals surface area contributed by atoms with Crippen molar-refractivity contribution >= 4 is 71.0 Å². The number of rotatable bonds is 1. The Bertz CT molecular complexity index is 389. The lowest BCUT2D eigenvalue weighted by molar-refractivity contribution is -0.114. The van der Waals surface area contributed by atoms with E-state index in [4.69, 9.17) is 11.6 Å². The molecular formula is C9H7Br3ClNO. The van der Waals surface area contributed by atoms with Crippen LogP contribution in [0.1, 0.15) is 5.56 Å². The molecule has 0 aliphatic rings. The van der Waals surface area contributed by atoms with Gasteiger partial charge in [-0.15, -0.1) is 0 Å². The number of amides is 1. The predicted molar refractivity (Wildman–Crippen MR) is 74.3 cm³/mol. The molecule has 6 heteroatoms. The molecular weight excluding hydrogens is 413 g/mol. The topological polar surface area (TPSA) is 29.1 Å². The molecule has 1 aromatic carbocycles. The van der Waals surface area contributed by atoms with Crippen molar-refractivity contribution in [3.8, 4) is 0 Å². The van der Waals surface area contributed by atoms with Crippen LogP contribution in [0.4, 0.5) is 5.69 Å². The fourth-order valence-corrected chi connectivity index (χ4v) is 1.41. The quantitative estimate of drug-likeness (QED) is 0.670. The van der Waals surface area contributed by atoms with Crippen molar-refractivity contribution in [3.05, 3.63) is 28.8 Å². The summed E-state index contributed by atoms with van der Waals surface area (Å²) in [4.78, 5) is 11.6. The third kappa shape index (κ3) is 3.73. The summed E-state index contributed by atoms with van der Waals surface area (Å²) in [7, 11) is 0. The Balaban J connectivity index is 2.91. The lowest BCUT2D eigenvalue weighted by Gasteiger charge is -2.14. The fraction of sp³-hybridized carbons (Fsp3) is 0.222. The number of hydrogen-bond acceptors (Lipinski definition) is 1.